The Morgan fingerprint density at radius 2 is 1.39 bits per heavy atom. The molecule has 2 aromatic rings. The molecule has 0 aromatic heterocycles. The molecule has 1 atom stereocenters. The van der Waals surface area contributed by atoms with Crippen LogP contribution >= 0.6 is 0 Å². The molecular weight excluding hydrogens is 378 g/mol. The van der Waals surface area contributed by atoms with E-state index < -0.39 is 11.1 Å². The van der Waals surface area contributed by atoms with Crippen molar-refractivity contribution in [3.05, 3.63) is 65.7 Å². The molecule has 0 saturated carbocycles. The summed E-state index contributed by atoms with van der Waals surface area (Å²) in [6.07, 6.45) is 0. The van der Waals surface area contributed by atoms with Crippen molar-refractivity contribution in [3.63, 3.8) is 0 Å². The van der Waals surface area contributed by atoms with Crippen LogP contribution in [0.4, 0.5) is 0 Å². The van der Waals surface area contributed by atoms with E-state index in [9.17, 15) is 9.90 Å². The lowest BCUT2D eigenvalue weighted by atomic mass is 9.82. The van der Waals surface area contributed by atoms with Crippen molar-refractivity contribution in [2.45, 2.75) is 31.9 Å². The summed E-state index contributed by atoms with van der Waals surface area (Å²) < 4.78 is 6.43. The Labute approximate surface area is 174 Å². The molecule has 6 heteroatoms. The number of carbonyl (C=O) groups is 1. The molecule has 0 aliphatic heterocycles. The quantitative estimate of drug-likeness (QED) is 0.504. The molecule has 0 radical (unpaired) electrons. The highest BCUT2D eigenvalue weighted by Gasteiger charge is 2.50. The summed E-state index contributed by atoms with van der Waals surface area (Å²) in [5, 5.41) is 10.9. The zero-order valence-electron chi connectivity index (χ0n) is 17.5. The van der Waals surface area contributed by atoms with Gasteiger partial charge in [0.25, 0.3) is 0 Å². The fraction of sp³-hybridized carbons (Fsp3) is 0.409. The van der Waals surface area contributed by atoms with E-state index in [0.29, 0.717) is 21.4 Å². The fourth-order valence-electron chi connectivity index (χ4n) is 2.58. The van der Waals surface area contributed by atoms with E-state index in [1.165, 1.54) is 0 Å². The molecule has 2 rings (SSSR count). The summed E-state index contributed by atoms with van der Waals surface area (Å²) in [7, 11) is 6.16. The third kappa shape index (κ3) is 5.55. The van der Waals surface area contributed by atoms with Gasteiger partial charge in [-0.3, -0.25) is 4.79 Å². The normalized spacial score (nSPS) is 13.5. The van der Waals surface area contributed by atoms with E-state index in [2.05, 4.69) is 21.1 Å². The number of hydrogen-bond donors (Lipinski definition) is 1. The van der Waals surface area contributed by atoms with E-state index in [1.807, 2.05) is 32.0 Å². The second-order valence-corrected chi connectivity index (χ2v) is 8.35. The van der Waals surface area contributed by atoms with Gasteiger partial charge in [-0.1, -0.05) is 30.3 Å². The molecule has 3 N–H and O–H groups in total. The van der Waals surface area contributed by atoms with Crippen molar-refractivity contribution in [2.24, 2.45) is 0 Å². The number of hydrogen-bond acceptors (Lipinski definition) is 3. The zero-order valence-corrected chi connectivity index (χ0v) is 18.2. The Balaban J connectivity index is 0.00000364. The van der Waals surface area contributed by atoms with Crippen molar-refractivity contribution >= 4 is 5.78 Å². The Kier molecular flexibility index (Phi) is 8.87. The zero-order chi connectivity index (χ0) is 19.6. The molecule has 0 aliphatic rings. The molecule has 0 aliphatic carbocycles. The monoisotopic (exact) mass is 409 g/mol. The minimum atomic E-state index is -1.02. The molecule has 2 aromatic carbocycles. The molecule has 28 heavy (non-hydrogen) atoms. The number of rotatable bonds is 7. The van der Waals surface area contributed by atoms with E-state index in [0.717, 1.165) is 0 Å². The topological polar surface area (TPSA) is 78.0 Å². The second kappa shape index (κ2) is 9.52. The van der Waals surface area contributed by atoms with E-state index in [-0.39, 0.29) is 30.3 Å². The Bertz CT molecular complexity index is 750. The smallest absolute Gasteiger partial charge is 0.193 e. The number of benzene rings is 2. The summed E-state index contributed by atoms with van der Waals surface area (Å²) in [4.78, 5) is 12.4. The van der Waals surface area contributed by atoms with Crippen LogP contribution in [0, 0.1) is 0 Å². The highest BCUT2D eigenvalue weighted by Crippen LogP contribution is 2.31. The van der Waals surface area contributed by atoms with Gasteiger partial charge in [0.1, 0.15) is 23.5 Å². The minimum Gasteiger partial charge on any atom is -1.00 e. The molecule has 0 amide bonds. The first kappa shape index (κ1) is 26.1. The summed E-state index contributed by atoms with van der Waals surface area (Å²) >= 11 is 0. The summed E-state index contributed by atoms with van der Waals surface area (Å²) in [6.45, 7) is 6.02. The molecule has 0 spiro atoms. The maximum Gasteiger partial charge on any atom is 0.193 e. The Hall–Kier alpha value is -1.92. The third-order valence-electron chi connectivity index (χ3n) is 5.67. The van der Waals surface area contributed by atoms with Crippen LogP contribution < -0.4 is 17.1 Å². The largest absolute Gasteiger partial charge is 1.00 e. The average Bonchev–Trinajstić information content (AvgIpc) is 2.59. The number of aliphatic hydroxyl groups is 1. The van der Waals surface area contributed by atoms with Crippen LogP contribution in [0.1, 0.15) is 36.7 Å². The maximum absolute atomic E-state index is 12.4. The van der Waals surface area contributed by atoms with Crippen LogP contribution in [-0.2, 0) is 0 Å². The number of ether oxygens (including phenoxy) is 1. The minimum absolute atomic E-state index is 0. The number of likely N-dealkylation sites (N-methyl/N-ethyl adjacent to an activating group) is 1. The van der Waals surface area contributed by atoms with Gasteiger partial charge in [-0.2, -0.15) is 0 Å². The SMILES string of the molecule is CC(O)(COc1ccc(C(=O)c2ccccc2)cc1)C(C)(C)[N+](C)(C)C.O.[Cl-]. The van der Waals surface area contributed by atoms with Crippen molar-refractivity contribution in [3.8, 4) is 5.75 Å². The van der Waals surface area contributed by atoms with E-state index in [1.54, 1.807) is 43.3 Å². The first-order valence-electron chi connectivity index (χ1n) is 8.82. The molecule has 156 valence electrons. The van der Waals surface area contributed by atoms with Crippen molar-refractivity contribution < 1.29 is 37.0 Å². The predicted octanol–water partition coefficient (Wildman–Crippen LogP) is -0.288. The number of ketones is 1. The number of halogens is 1. The van der Waals surface area contributed by atoms with Gasteiger partial charge in [-0.25, -0.2) is 0 Å². The van der Waals surface area contributed by atoms with Crippen LogP contribution in [-0.4, -0.2) is 59.7 Å². The molecule has 0 bridgehead atoms. The second-order valence-electron chi connectivity index (χ2n) is 8.35. The van der Waals surface area contributed by atoms with Gasteiger partial charge >= 0.3 is 0 Å². The maximum atomic E-state index is 12.4. The van der Waals surface area contributed by atoms with Crippen molar-refractivity contribution in [1.82, 2.24) is 0 Å². The van der Waals surface area contributed by atoms with Crippen LogP contribution in [0.5, 0.6) is 5.75 Å². The highest BCUT2D eigenvalue weighted by atomic mass is 35.5. The average molecular weight is 410 g/mol. The molecule has 0 saturated heterocycles. The van der Waals surface area contributed by atoms with Gasteiger partial charge in [-0.05, 0) is 45.0 Å². The fourth-order valence-corrected chi connectivity index (χ4v) is 2.58. The van der Waals surface area contributed by atoms with E-state index >= 15 is 0 Å². The van der Waals surface area contributed by atoms with Gasteiger partial charge in [0.2, 0.25) is 0 Å². The van der Waals surface area contributed by atoms with Crippen LogP contribution in [0.25, 0.3) is 0 Å². The number of carbonyl (C=O) groups excluding carboxylic acids is 1. The number of nitrogens with zero attached hydrogens (tertiary/aromatic N) is 1. The van der Waals surface area contributed by atoms with Gasteiger partial charge in [0.15, 0.2) is 5.78 Å². The molecule has 5 nitrogen and oxygen atoms in total. The Morgan fingerprint density at radius 1 is 0.929 bits per heavy atom. The molecular formula is C22H32ClNO4. The number of quaternary nitrogens is 1. The molecule has 0 heterocycles. The lowest BCUT2D eigenvalue weighted by Gasteiger charge is -2.49. The summed E-state index contributed by atoms with van der Waals surface area (Å²) in [5.74, 6) is 0.613. The standard InChI is InChI=1S/C22H30NO3.ClH.H2O/c1-21(2,23(4,5)6)22(3,25)16-26-19-14-12-18(13-15-19)20(24)17-10-8-7-9-11-17;;/h7-15,25H,16H2,1-6H3;1H;1H2/q+1;;/p-1. The molecule has 1 unspecified atom stereocenters. The van der Waals surface area contributed by atoms with Crippen LogP contribution in [0.2, 0.25) is 0 Å². The lowest BCUT2D eigenvalue weighted by molar-refractivity contribution is -0.928. The Morgan fingerprint density at radius 3 is 1.86 bits per heavy atom. The van der Waals surface area contributed by atoms with Crippen molar-refractivity contribution in [2.75, 3.05) is 27.7 Å². The molecule has 0 fully saturated rings. The van der Waals surface area contributed by atoms with Crippen molar-refractivity contribution in [1.29, 1.82) is 0 Å². The highest BCUT2D eigenvalue weighted by molar-refractivity contribution is 6.08. The van der Waals surface area contributed by atoms with Crippen LogP contribution in [0.15, 0.2) is 54.6 Å². The lowest BCUT2D eigenvalue weighted by Crippen LogP contribution is -3.00. The summed E-state index contributed by atoms with van der Waals surface area (Å²) in [5.41, 5.74) is -0.157. The van der Waals surface area contributed by atoms with Gasteiger partial charge < -0.3 is 32.2 Å². The first-order chi connectivity index (χ1) is 12.0. The van der Waals surface area contributed by atoms with Gasteiger partial charge in [0.05, 0.1) is 21.1 Å². The predicted molar refractivity (Wildman–Crippen MR) is 108 cm³/mol. The van der Waals surface area contributed by atoms with Gasteiger partial charge in [-0.15, -0.1) is 0 Å². The van der Waals surface area contributed by atoms with E-state index in [4.69, 9.17) is 4.74 Å². The van der Waals surface area contributed by atoms with Gasteiger partial charge in [0, 0.05) is 11.1 Å². The third-order valence-corrected chi connectivity index (χ3v) is 5.67. The summed E-state index contributed by atoms with van der Waals surface area (Å²) in [6, 6.07) is 16.2. The first-order valence-corrected chi connectivity index (χ1v) is 8.82. The van der Waals surface area contributed by atoms with Crippen LogP contribution in [0.3, 0.4) is 0 Å².